The van der Waals surface area contributed by atoms with Crippen LogP contribution in [0.4, 0.5) is 0 Å². The summed E-state index contributed by atoms with van der Waals surface area (Å²) in [5.74, 6) is 0.380. The summed E-state index contributed by atoms with van der Waals surface area (Å²) in [6, 6.07) is 13.6. The lowest BCUT2D eigenvalue weighted by Gasteiger charge is -2.08. The Morgan fingerprint density at radius 2 is 1.89 bits per heavy atom. The van der Waals surface area contributed by atoms with E-state index < -0.39 is 0 Å². The number of rotatable bonds is 4. The third-order valence-electron chi connectivity index (χ3n) is 3.00. The second kappa shape index (κ2) is 6.14. The number of hydrogen-bond acceptors (Lipinski definition) is 2. The Balaban J connectivity index is 1.94. The first kappa shape index (κ1) is 13.3. The molecule has 0 saturated carbocycles. The van der Waals surface area contributed by atoms with Crippen molar-refractivity contribution in [3.63, 3.8) is 0 Å². The Kier molecular flexibility index (Phi) is 4.29. The minimum absolute atomic E-state index is 0.145. The first-order valence-corrected chi connectivity index (χ1v) is 6.45. The lowest BCUT2D eigenvalue weighted by atomic mass is 10.0. The third-order valence-corrected chi connectivity index (χ3v) is 3.00. The lowest BCUT2D eigenvalue weighted by Crippen LogP contribution is -2.23. The zero-order chi connectivity index (χ0) is 13.7. The van der Waals surface area contributed by atoms with Crippen molar-refractivity contribution in [2.45, 2.75) is 26.3 Å². The molecule has 2 aromatic rings. The van der Waals surface area contributed by atoms with Crippen molar-refractivity contribution in [1.82, 2.24) is 10.3 Å². The van der Waals surface area contributed by atoms with Crippen LogP contribution in [0.3, 0.4) is 0 Å². The molecule has 1 N–H and O–H groups in total. The van der Waals surface area contributed by atoms with Crippen molar-refractivity contribution >= 4 is 5.91 Å². The number of nitrogens with one attached hydrogen (secondary N) is 1. The van der Waals surface area contributed by atoms with Gasteiger partial charge in [0.05, 0.1) is 0 Å². The fourth-order valence-corrected chi connectivity index (χ4v) is 1.79. The molecule has 0 spiro atoms. The number of hydrogen-bond donors (Lipinski definition) is 1. The molecule has 0 radical (unpaired) electrons. The molecule has 0 saturated heterocycles. The van der Waals surface area contributed by atoms with E-state index in [9.17, 15) is 4.79 Å². The SMILES string of the molecule is CC(C)c1ccc(CNC(=O)c2ccccn2)cc1. The van der Waals surface area contributed by atoms with Gasteiger partial charge in [-0.05, 0) is 29.2 Å². The monoisotopic (exact) mass is 254 g/mol. The van der Waals surface area contributed by atoms with Crippen molar-refractivity contribution in [2.75, 3.05) is 0 Å². The number of benzene rings is 1. The predicted octanol–water partition coefficient (Wildman–Crippen LogP) is 3.14. The van der Waals surface area contributed by atoms with Crippen LogP contribution >= 0.6 is 0 Å². The van der Waals surface area contributed by atoms with Crippen molar-refractivity contribution in [2.24, 2.45) is 0 Å². The zero-order valence-electron chi connectivity index (χ0n) is 11.3. The molecular formula is C16H18N2O. The Labute approximate surface area is 113 Å². The Morgan fingerprint density at radius 1 is 1.16 bits per heavy atom. The summed E-state index contributed by atoms with van der Waals surface area (Å²) in [6.07, 6.45) is 1.62. The summed E-state index contributed by atoms with van der Waals surface area (Å²) in [5.41, 5.74) is 2.84. The summed E-state index contributed by atoms with van der Waals surface area (Å²) in [6.45, 7) is 4.85. The highest BCUT2D eigenvalue weighted by Gasteiger charge is 2.05. The van der Waals surface area contributed by atoms with Gasteiger partial charge in [-0.15, -0.1) is 0 Å². The van der Waals surface area contributed by atoms with Gasteiger partial charge in [0.25, 0.3) is 5.91 Å². The minimum atomic E-state index is -0.145. The van der Waals surface area contributed by atoms with Crippen LogP contribution < -0.4 is 5.32 Å². The standard InChI is InChI=1S/C16H18N2O/c1-12(2)14-8-6-13(7-9-14)11-18-16(19)15-5-3-4-10-17-15/h3-10,12H,11H2,1-2H3,(H,18,19). The average molecular weight is 254 g/mol. The van der Waals surface area contributed by atoms with Crippen molar-refractivity contribution in [3.05, 3.63) is 65.5 Å². The molecule has 1 amide bonds. The summed E-state index contributed by atoms with van der Waals surface area (Å²) >= 11 is 0. The van der Waals surface area contributed by atoms with Crippen LogP contribution in [0.1, 0.15) is 41.4 Å². The van der Waals surface area contributed by atoms with E-state index in [0.29, 0.717) is 18.2 Å². The Bertz CT molecular complexity index is 532. The van der Waals surface area contributed by atoms with Gasteiger partial charge in [-0.3, -0.25) is 9.78 Å². The maximum atomic E-state index is 11.8. The van der Waals surface area contributed by atoms with Gasteiger partial charge in [0.1, 0.15) is 5.69 Å². The molecule has 3 nitrogen and oxygen atoms in total. The molecule has 1 aromatic carbocycles. The number of pyridine rings is 1. The Hall–Kier alpha value is -2.16. The summed E-state index contributed by atoms with van der Waals surface area (Å²) in [4.78, 5) is 15.8. The molecular weight excluding hydrogens is 236 g/mol. The molecule has 0 aliphatic carbocycles. The largest absolute Gasteiger partial charge is 0.347 e. The maximum Gasteiger partial charge on any atom is 0.270 e. The number of carbonyl (C=O) groups excluding carboxylic acids is 1. The molecule has 98 valence electrons. The smallest absolute Gasteiger partial charge is 0.270 e. The highest BCUT2D eigenvalue weighted by molar-refractivity contribution is 5.92. The van der Waals surface area contributed by atoms with E-state index in [1.54, 1.807) is 24.4 Å². The van der Waals surface area contributed by atoms with E-state index in [1.165, 1.54) is 5.56 Å². The van der Waals surface area contributed by atoms with Crippen LogP contribution in [0.25, 0.3) is 0 Å². The lowest BCUT2D eigenvalue weighted by molar-refractivity contribution is 0.0946. The summed E-state index contributed by atoms with van der Waals surface area (Å²) in [7, 11) is 0. The highest BCUT2D eigenvalue weighted by Crippen LogP contribution is 2.14. The van der Waals surface area contributed by atoms with E-state index in [0.717, 1.165) is 5.56 Å². The van der Waals surface area contributed by atoms with Crippen LogP contribution in [0.5, 0.6) is 0 Å². The zero-order valence-corrected chi connectivity index (χ0v) is 11.3. The molecule has 0 atom stereocenters. The molecule has 2 rings (SSSR count). The normalized spacial score (nSPS) is 10.5. The van der Waals surface area contributed by atoms with Crippen LogP contribution in [-0.4, -0.2) is 10.9 Å². The fraction of sp³-hybridized carbons (Fsp3) is 0.250. The van der Waals surface area contributed by atoms with Crippen LogP contribution in [0.15, 0.2) is 48.7 Å². The van der Waals surface area contributed by atoms with Gasteiger partial charge in [0.2, 0.25) is 0 Å². The van der Waals surface area contributed by atoms with E-state index >= 15 is 0 Å². The van der Waals surface area contributed by atoms with E-state index in [2.05, 4.69) is 36.3 Å². The number of amides is 1. The fourth-order valence-electron chi connectivity index (χ4n) is 1.79. The topological polar surface area (TPSA) is 42.0 Å². The molecule has 0 fully saturated rings. The number of carbonyl (C=O) groups is 1. The second-order valence-electron chi connectivity index (χ2n) is 4.79. The van der Waals surface area contributed by atoms with Gasteiger partial charge in [-0.2, -0.15) is 0 Å². The van der Waals surface area contributed by atoms with Crippen molar-refractivity contribution in [1.29, 1.82) is 0 Å². The van der Waals surface area contributed by atoms with Gasteiger partial charge in [-0.1, -0.05) is 44.2 Å². The summed E-state index contributed by atoms with van der Waals surface area (Å²) in [5, 5.41) is 2.86. The number of nitrogens with zero attached hydrogens (tertiary/aromatic N) is 1. The molecule has 0 unspecified atom stereocenters. The van der Waals surface area contributed by atoms with Gasteiger partial charge in [0, 0.05) is 12.7 Å². The average Bonchev–Trinajstić information content (AvgIpc) is 2.46. The van der Waals surface area contributed by atoms with Gasteiger partial charge in [0.15, 0.2) is 0 Å². The van der Waals surface area contributed by atoms with Crippen molar-refractivity contribution in [3.8, 4) is 0 Å². The van der Waals surface area contributed by atoms with Crippen LogP contribution in [0, 0.1) is 0 Å². The molecule has 0 aliphatic heterocycles. The maximum absolute atomic E-state index is 11.8. The second-order valence-corrected chi connectivity index (χ2v) is 4.79. The van der Waals surface area contributed by atoms with E-state index in [1.807, 2.05) is 12.1 Å². The molecule has 3 heteroatoms. The van der Waals surface area contributed by atoms with E-state index in [4.69, 9.17) is 0 Å². The predicted molar refractivity (Wildman–Crippen MR) is 75.9 cm³/mol. The first-order chi connectivity index (χ1) is 9.16. The minimum Gasteiger partial charge on any atom is -0.347 e. The van der Waals surface area contributed by atoms with Gasteiger partial charge >= 0.3 is 0 Å². The van der Waals surface area contributed by atoms with Gasteiger partial charge < -0.3 is 5.32 Å². The molecule has 19 heavy (non-hydrogen) atoms. The molecule has 1 heterocycles. The quantitative estimate of drug-likeness (QED) is 0.910. The third kappa shape index (κ3) is 3.65. The van der Waals surface area contributed by atoms with Crippen LogP contribution in [-0.2, 0) is 6.54 Å². The first-order valence-electron chi connectivity index (χ1n) is 6.45. The molecule has 0 bridgehead atoms. The molecule has 1 aromatic heterocycles. The number of aromatic nitrogens is 1. The van der Waals surface area contributed by atoms with Gasteiger partial charge in [-0.25, -0.2) is 0 Å². The summed E-state index contributed by atoms with van der Waals surface area (Å²) < 4.78 is 0. The van der Waals surface area contributed by atoms with E-state index in [-0.39, 0.29) is 5.91 Å². The van der Waals surface area contributed by atoms with Crippen LogP contribution in [0.2, 0.25) is 0 Å². The highest BCUT2D eigenvalue weighted by atomic mass is 16.1. The molecule has 0 aliphatic rings. The Morgan fingerprint density at radius 3 is 2.47 bits per heavy atom. The van der Waals surface area contributed by atoms with Crippen molar-refractivity contribution < 1.29 is 4.79 Å².